The van der Waals surface area contributed by atoms with Crippen molar-refractivity contribution in [3.63, 3.8) is 0 Å². The second-order valence-electron chi connectivity index (χ2n) is 6.92. The van der Waals surface area contributed by atoms with Crippen molar-refractivity contribution in [1.82, 2.24) is 9.97 Å². The molecule has 0 saturated heterocycles. The molecular formula is C21H31N3O2S. The Morgan fingerprint density at radius 2 is 1.85 bits per heavy atom. The van der Waals surface area contributed by atoms with Gasteiger partial charge in [-0.2, -0.15) is 0 Å². The molecule has 0 aliphatic heterocycles. The Labute approximate surface area is 167 Å². The lowest BCUT2D eigenvalue weighted by atomic mass is 9.92. The van der Waals surface area contributed by atoms with Crippen molar-refractivity contribution in [2.24, 2.45) is 0 Å². The summed E-state index contributed by atoms with van der Waals surface area (Å²) in [6.45, 7) is 9.77. The zero-order valence-electron chi connectivity index (χ0n) is 17.4. The highest BCUT2D eigenvalue weighted by atomic mass is 32.2. The van der Waals surface area contributed by atoms with E-state index in [2.05, 4.69) is 61.0 Å². The van der Waals surface area contributed by atoms with Gasteiger partial charge in [0.2, 0.25) is 0 Å². The Hall–Kier alpha value is -1.63. The molecule has 0 amide bonds. The molecule has 27 heavy (non-hydrogen) atoms. The summed E-state index contributed by atoms with van der Waals surface area (Å²) in [4.78, 5) is 10.5. The average molecular weight is 390 g/mol. The molecular weight excluding hydrogens is 358 g/mol. The number of rotatable bonds is 9. The molecule has 6 heteroatoms. The van der Waals surface area contributed by atoms with E-state index < -0.39 is 4.87 Å². The van der Waals surface area contributed by atoms with Gasteiger partial charge in [0.25, 0.3) is 0 Å². The van der Waals surface area contributed by atoms with Gasteiger partial charge in [-0.1, -0.05) is 17.7 Å². The summed E-state index contributed by atoms with van der Waals surface area (Å²) < 4.78 is 11.4. The molecule has 0 aliphatic rings. The summed E-state index contributed by atoms with van der Waals surface area (Å²) in [6, 6.07) is 6.42. The number of aromatic nitrogens is 2. The minimum atomic E-state index is -0.433. The Morgan fingerprint density at radius 1 is 1.19 bits per heavy atom. The Bertz CT molecular complexity index is 718. The van der Waals surface area contributed by atoms with E-state index in [-0.39, 0.29) is 6.10 Å². The van der Waals surface area contributed by atoms with E-state index in [1.807, 2.05) is 6.07 Å². The third-order valence-electron chi connectivity index (χ3n) is 4.87. The first kappa shape index (κ1) is 21.7. The van der Waals surface area contributed by atoms with Gasteiger partial charge in [0.1, 0.15) is 17.0 Å². The number of anilines is 1. The van der Waals surface area contributed by atoms with Crippen molar-refractivity contribution < 1.29 is 9.47 Å². The lowest BCUT2D eigenvalue weighted by Gasteiger charge is -2.46. The number of nitrogens with zero attached hydrogens (tertiary/aromatic N) is 3. The second kappa shape index (κ2) is 9.53. The van der Waals surface area contributed by atoms with Crippen LogP contribution in [0.4, 0.5) is 5.82 Å². The largest absolute Gasteiger partial charge is 0.381 e. The minimum absolute atomic E-state index is 0.0365. The van der Waals surface area contributed by atoms with Crippen LogP contribution in [0.2, 0.25) is 0 Å². The van der Waals surface area contributed by atoms with Gasteiger partial charge in [-0.15, -0.1) is 11.8 Å². The standard InChI is InChI=1S/C21H31N3O2S/c1-15-10-16(2)20(17(3)11-15)21(27-7,13-25-5)24(12-18(4)26-6)19-8-9-22-14-23-19/h8-11,14,18H,12-13H2,1-7H3. The zero-order valence-corrected chi connectivity index (χ0v) is 18.3. The molecule has 2 atom stereocenters. The number of benzene rings is 1. The van der Waals surface area contributed by atoms with Crippen LogP contribution in [0.15, 0.2) is 30.7 Å². The van der Waals surface area contributed by atoms with Crippen molar-refractivity contribution in [2.75, 3.05) is 38.5 Å². The Balaban J connectivity index is 2.73. The third-order valence-corrected chi connectivity index (χ3v) is 6.08. The fourth-order valence-corrected chi connectivity index (χ4v) is 4.90. The summed E-state index contributed by atoms with van der Waals surface area (Å²) in [5.74, 6) is 0.861. The first-order valence-electron chi connectivity index (χ1n) is 9.08. The van der Waals surface area contributed by atoms with Crippen LogP contribution < -0.4 is 4.90 Å². The minimum Gasteiger partial charge on any atom is -0.381 e. The molecule has 1 aromatic carbocycles. The first-order chi connectivity index (χ1) is 12.9. The van der Waals surface area contributed by atoms with E-state index in [0.29, 0.717) is 13.2 Å². The maximum Gasteiger partial charge on any atom is 0.137 e. The van der Waals surface area contributed by atoms with E-state index in [4.69, 9.17) is 9.47 Å². The van der Waals surface area contributed by atoms with Gasteiger partial charge in [-0.25, -0.2) is 9.97 Å². The lowest BCUT2D eigenvalue weighted by Crippen LogP contribution is -2.51. The molecule has 0 saturated carbocycles. The van der Waals surface area contributed by atoms with Gasteiger partial charge in [0.15, 0.2) is 0 Å². The van der Waals surface area contributed by atoms with Crippen molar-refractivity contribution >= 4 is 17.6 Å². The lowest BCUT2D eigenvalue weighted by molar-refractivity contribution is 0.111. The molecule has 0 spiro atoms. The highest BCUT2D eigenvalue weighted by Crippen LogP contribution is 2.44. The molecule has 1 heterocycles. The molecule has 2 aromatic rings. The number of hydrogen-bond acceptors (Lipinski definition) is 6. The number of thioether (sulfide) groups is 1. The van der Waals surface area contributed by atoms with Gasteiger partial charge in [0.05, 0.1) is 12.7 Å². The summed E-state index contributed by atoms with van der Waals surface area (Å²) >= 11 is 1.77. The second-order valence-corrected chi connectivity index (χ2v) is 8.00. The van der Waals surface area contributed by atoms with E-state index in [0.717, 1.165) is 5.82 Å². The molecule has 2 rings (SSSR count). The topological polar surface area (TPSA) is 47.5 Å². The SMILES string of the molecule is COCC(SC)(c1c(C)cc(C)cc1C)N(CC(C)OC)c1ccncn1. The molecule has 0 fully saturated rings. The summed E-state index contributed by atoms with van der Waals surface area (Å²) in [5.41, 5.74) is 5.04. The van der Waals surface area contributed by atoms with Crippen molar-refractivity contribution in [2.45, 2.75) is 38.7 Å². The smallest absolute Gasteiger partial charge is 0.137 e. The van der Waals surface area contributed by atoms with Crippen LogP contribution in [-0.4, -0.2) is 49.7 Å². The van der Waals surface area contributed by atoms with E-state index >= 15 is 0 Å². The van der Waals surface area contributed by atoms with E-state index in [1.54, 1.807) is 38.5 Å². The normalized spacial score (nSPS) is 14.6. The molecule has 148 valence electrons. The van der Waals surface area contributed by atoms with Gasteiger partial charge in [0, 0.05) is 27.0 Å². The van der Waals surface area contributed by atoms with Gasteiger partial charge in [-0.3, -0.25) is 0 Å². The molecule has 0 N–H and O–H groups in total. The fourth-order valence-electron chi connectivity index (χ4n) is 3.75. The quantitative estimate of drug-likeness (QED) is 0.602. The number of methoxy groups -OCH3 is 2. The van der Waals surface area contributed by atoms with Crippen LogP contribution in [-0.2, 0) is 14.3 Å². The first-order valence-corrected chi connectivity index (χ1v) is 10.3. The number of ether oxygens (including phenoxy) is 2. The Kier molecular flexibility index (Phi) is 7.65. The molecule has 2 unspecified atom stereocenters. The van der Waals surface area contributed by atoms with E-state index in [9.17, 15) is 0 Å². The summed E-state index contributed by atoms with van der Waals surface area (Å²) in [6.07, 6.45) is 5.53. The summed E-state index contributed by atoms with van der Waals surface area (Å²) in [7, 11) is 3.49. The molecule has 1 aromatic heterocycles. The highest BCUT2D eigenvalue weighted by Gasteiger charge is 2.42. The maximum absolute atomic E-state index is 5.76. The average Bonchev–Trinajstić information content (AvgIpc) is 2.65. The van der Waals surface area contributed by atoms with E-state index in [1.165, 1.54) is 22.3 Å². The molecule has 0 radical (unpaired) electrons. The summed E-state index contributed by atoms with van der Waals surface area (Å²) in [5, 5.41) is 0. The Morgan fingerprint density at radius 3 is 2.33 bits per heavy atom. The molecule has 0 bridgehead atoms. The zero-order chi connectivity index (χ0) is 20.0. The highest BCUT2D eigenvalue weighted by molar-refractivity contribution is 7.99. The van der Waals surface area contributed by atoms with Gasteiger partial charge < -0.3 is 14.4 Å². The van der Waals surface area contributed by atoms with Crippen LogP contribution in [0.3, 0.4) is 0 Å². The van der Waals surface area contributed by atoms with Crippen LogP contribution in [0.5, 0.6) is 0 Å². The molecule has 0 aliphatic carbocycles. The van der Waals surface area contributed by atoms with Crippen LogP contribution in [0.25, 0.3) is 0 Å². The predicted molar refractivity (Wildman–Crippen MR) is 114 cm³/mol. The molecule has 5 nitrogen and oxygen atoms in total. The fraction of sp³-hybridized carbons (Fsp3) is 0.524. The van der Waals surface area contributed by atoms with Crippen molar-refractivity contribution in [3.8, 4) is 0 Å². The van der Waals surface area contributed by atoms with Crippen LogP contribution >= 0.6 is 11.8 Å². The van der Waals surface area contributed by atoms with Crippen LogP contribution in [0.1, 0.15) is 29.2 Å². The van der Waals surface area contributed by atoms with Gasteiger partial charge >= 0.3 is 0 Å². The predicted octanol–water partition coefficient (Wildman–Crippen LogP) is 4.11. The number of hydrogen-bond donors (Lipinski definition) is 0. The third kappa shape index (κ3) is 4.62. The monoisotopic (exact) mass is 389 g/mol. The van der Waals surface area contributed by atoms with Crippen LogP contribution in [0, 0.1) is 20.8 Å². The maximum atomic E-state index is 5.76. The van der Waals surface area contributed by atoms with Gasteiger partial charge in [-0.05, 0) is 56.7 Å². The van der Waals surface area contributed by atoms with Crippen molar-refractivity contribution in [1.29, 1.82) is 0 Å². The number of aryl methyl sites for hydroxylation is 3. The van der Waals surface area contributed by atoms with Crippen molar-refractivity contribution in [3.05, 3.63) is 53.0 Å².